The number of hydrogen-bond acceptors (Lipinski definition) is 5. The minimum Gasteiger partial charge on any atom is -0.480 e. The molecule has 86 valence electrons. The van der Waals surface area contributed by atoms with Crippen molar-refractivity contribution in [3.8, 4) is 0 Å². The van der Waals surface area contributed by atoms with Crippen molar-refractivity contribution in [3.63, 3.8) is 0 Å². The van der Waals surface area contributed by atoms with Gasteiger partial charge in [0.05, 0.1) is 17.9 Å². The van der Waals surface area contributed by atoms with Gasteiger partial charge in [0, 0.05) is 6.04 Å². The maximum absolute atomic E-state index is 12.0. The highest BCUT2D eigenvalue weighted by Gasteiger charge is 2.39. The third-order valence-electron chi connectivity index (χ3n) is 2.53. The van der Waals surface area contributed by atoms with Gasteiger partial charge in [0.1, 0.15) is 6.04 Å². The zero-order valence-electron chi connectivity index (χ0n) is 8.66. The lowest BCUT2D eigenvalue weighted by molar-refractivity contribution is -0.141. The highest BCUT2D eigenvalue weighted by molar-refractivity contribution is 6.99. The van der Waals surface area contributed by atoms with Gasteiger partial charge in [-0.05, 0) is 19.8 Å². The van der Waals surface area contributed by atoms with E-state index in [1.165, 1.54) is 18.0 Å². The summed E-state index contributed by atoms with van der Waals surface area (Å²) in [4.78, 5) is 24.3. The first-order valence-corrected chi connectivity index (χ1v) is 5.67. The van der Waals surface area contributed by atoms with Crippen molar-refractivity contribution in [2.75, 3.05) is 0 Å². The Morgan fingerprint density at radius 2 is 2.31 bits per heavy atom. The largest absolute Gasteiger partial charge is 0.480 e. The van der Waals surface area contributed by atoms with Crippen molar-refractivity contribution in [3.05, 3.63) is 11.9 Å². The van der Waals surface area contributed by atoms with Crippen LogP contribution in [-0.2, 0) is 4.79 Å². The van der Waals surface area contributed by atoms with Crippen LogP contribution in [0.2, 0.25) is 0 Å². The quantitative estimate of drug-likeness (QED) is 0.835. The minimum absolute atomic E-state index is 0.0419. The fourth-order valence-electron chi connectivity index (χ4n) is 1.52. The molecule has 1 N–H and O–H groups in total. The molecule has 1 aliphatic carbocycles. The number of carbonyl (C=O) groups excluding carboxylic acids is 1. The molecule has 0 aliphatic heterocycles. The number of nitrogens with zero attached hydrogens (tertiary/aromatic N) is 3. The lowest BCUT2D eigenvalue weighted by Gasteiger charge is -2.25. The van der Waals surface area contributed by atoms with Crippen LogP contribution in [0.25, 0.3) is 0 Å². The molecule has 7 heteroatoms. The van der Waals surface area contributed by atoms with Crippen LogP contribution in [0.4, 0.5) is 0 Å². The van der Waals surface area contributed by atoms with Crippen LogP contribution in [0.5, 0.6) is 0 Å². The molecule has 0 aromatic carbocycles. The molecule has 1 unspecified atom stereocenters. The summed E-state index contributed by atoms with van der Waals surface area (Å²) in [6, 6.07) is -0.776. The molecule has 0 saturated heterocycles. The topological polar surface area (TPSA) is 83.4 Å². The van der Waals surface area contributed by atoms with Crippen molar-refractivity contribution in [1.82, 2.24) is 13.6 Å². The van der Waals surface area contributed by atoms with Gasteiger partial charge < -0.3 is 10.0 Å². The van der Waals surface area contributed by atoms with Crippen LogP contribution < -0.4 is 0 Å². The molecule has 1 atom stereocenters. The number of amides is 1. The predicted octanol–water partition coefficient (Wildman–Crippen LogP) is 0.616. The van der Waals surface area contributed by atoms with E-state index in [9.17, 15) is 9.59 Å². The number of carbonyl (C=O) groups is 2. The zero-order valence-corrected chi connectivity index (χ0v) is 9.48. The Morgan fingerprint density at radius 3 is 2.75 bits per heavy atom. The van der Waals surface area contributed by atoms with Gasteiger partial charge in [-0.15, -0.1) is 0 Å². The first-order valence-electron chi connectivity index (χ1n) is 4.94. The van der Waals surface area contributed by atoms with Gasteiger partial charge in [-0.3, -0.25) is 4.79 Å². The summed E-state index contributed by atoms with van der Waals surface area (Å²) < 4.78 is 7.58. The maximum atomic E-state index is 12.0. The number of aliphatic carboxylic acids is 1. The Labute approximate surface area is 96.2 Å². The summed E-state index contributed by atoms with van der Waals surface area (Å²) in [5, 5.41) is 8.95. The van der Waals surface area contributed by atoms with Gasteiger partial charge in [-0.25, -0.2) is 4.79 Å². The van der Waals surface area contributed by atoms with E-state index in [1.54, 1.807) is 0 Å². The normalized spacial score (nSPS) is 16.8. The third kappa shape index (κ3) is 2.04. The molecule has 1 amide bonds. The monoisotopic (exact) mass is 241 g/mol. The number of rotatable bonds is 4. The van der Waals surface area contributed by atoms with Crippen LogP contribution in [0, 0.1) is 0 Å². The van der Waals surface area contributed by atoms with E-state index in [0.717, 1.165) is 24.6 Å². The molecule has 0 bridgehead atoms. The van der Waals surface area contributed by atoms with Gasteiger partial charge in [0.2, 0.25) is 0 Å². The highest BCUT2D eigenvalue weighted by atomic mass is 32.1. The molecule has 16 heavy (non-hydrogen) atoms. The summed E-state index contributed by atoms with van der Waals surface area (Å²) in [6.45, 7) is 1.51. The Morgan fingerprint density at radius 1 is 1.62 bits per heavy atom. The minimum atomic E-state index is -0.997. The molecule has 1 saturated carbocycles. The van der Waals surface area contributed by atoms with Gasteiger partial charge in [0.25, 0.3) is 5.91 Å². The molecule has 0 spiro atoms. The van der Waals surface area contributed by atoms with Crippen LogP contribution in [-0.4, -0.2) is 42.7 Å². The Hall–Kier alpha value is -1.50. The fraction of sp³-hybridized carbons (Fsp3) is 0.556. The molecule has 1 fully saturated rings. The molecule has 1 aromatic heterocycles. The number of carboxylic acids is 1. The van der Waals surface area contributed by atoms with Crippen molar-refractivity contribution in [1.29, 1.82) is 0 Å². The van der Waals surface area contributed by atoms with E-state index >= 15 is 0 Å². The molecule has 1 aliphatic rings. The van der Waals surface area contributed by atoms with Crippen molar-refractivity contribution < 1.29 is 14.7 Å². The van der Waals surface area contributed by atoms with E-state index in [-0.39, 0.29) is 17.6 Å². The van der Waals surface area contributed by atoms with Crippen LogP contribution in [0.3, 0.4) is 0 Å². The zero-order chi connectivity index (χ0) is 11.7. The summed E-state index contributed by atoms with van der Waals surface area (Å²) in [5.41, 5.74) is 0.227. The summed E-state index contributed by atoms with van der Waals surface area (Å²) in [5.74, 6) is -1.34. The van der Waals surface area contributed by atoms with Crippen LogP contribution in [0.1, 0.15) is 30.3 Å². The molecule has 1 heterocycles. The van der Waals surface area contributed by atoms with Gasteiger partial charge in [0.15, 0.2) is 5.69 Å². The van der Waals surface area contributed by atoms with Gasteiger partial charge in [-0.1, -0.05) is 0 Å². The van der Waals surface area contributed by atoms with Crippen molar-refractivity contribution in [2.45, 2.75) is 31.8 Å². The summed E-state index contributed by atoms with van der Waals surface area (Å²) in [7, 11) is 0. The van der Waals surface area contributed by atoms with E-state index in [2.05, 4.69) is 8.75 Å². The van der Waals surface area contributed by atoms with E-state index < -0.39 is 12.0 Å². The van der Waals surface area contributed by atoms with Crippen molar-refractivity contribution in [2.24, 2.45) is 0 Å². The molecule has 6 nitrogen and oxygen atoms in total. The van der Waals surface area contributed by atoms with E-state index in [4.69, 9.17) is 5.11 Å². The summed E-state index contributed by atoms with van der Waals surface area (Å²) in [6.07, 6.45) is 3.10. The lowest BCUT2D eigenvalue weighted by Crippen LogP contribution is -2.44. The highest BCUT2D eigenvalue weighted by Crippen LogP contribution is 2.30. The standard InChI is InChI=1S/C9H11N3O3S/c1-5(9(14)15)12(6-2-3-6)8(13)7-4-10-16-11-7/h4-6H,2-3H2,1H3,(H,14,15). The number of carboxylic acid groups (broad SMARTS) is 1. The smallest absolute Gasteiger partial charge is 0.326 e. The second-order valence-corrected chi connectivity index (χ2v) is 4.31. The Bertz CT molecular complexity index is 402. The van der Waals surface area contributed by atoms with Gasteiger partial charge >= 0.3 is 5.97 Å². The first-order chi connectivity index (χ1) is 7.61. The second kappa shape index (κ2) is 4.17. The van der Waals surface area contributed by atoms with Gasteiger partial charge in [-0.2, -0.15) is 8.75 Å². The summed E-state index contributed by atoms with van der Waals surface area (Å²) >= 11 is 0.943. The number of aromatic nitrogens is 2. The molecular formula is C9H11N3O3S. The molecule has 2 rings (SSSR count). The van der Waals surface area contributed by atoms with Crippen molar-refractivity contribution >= 4 is 23.6 Å². The predicted molar refractivity (Wildman–Crippen MR) is 56.2 cm³/mol. The Balaban J connectivity index is 2.19. The fourth-order valence-corrected chi connectivity index (χ4v) is 1.93. The number of hydrogen-bond donors (Lipinski definition) is 1. The third-order valence-corrected chi connectivity index (χ3v) is 3.01. The van der Waals surface area contributed by atoms with E-state index in [1.807, 2.05) is 0 Å². The van der Waals surface area contributed by atoms with Crippen LogP contribution in [0.15, 0.2) is 6.20 Å². The molecule has 0 radical (unpaired) electrons. The average Bonchev–Trinajstić information content (AvgIpc) is 2.93. The molecule has 1 aromatic rings. The maximum Gasteiger partial charge on any atom is 0.326 e. The first kappa shape index (κ1) is 11.0. The Kier molecular flexibility index (Phi) is 2.86. The van der Waals surface area contributed by atoms with Crippen LogP contribution >= 0.6 is 11.7 Å². The SMILES string of the molecule is CC(C(=O)O)N(C(=O)c1cnsn1)C1CC1. The molecular weight excluding hydrogens is 230 g/mol. The van der Waals surface area contributed by atoms with E-state index in [0.29, 0.717) is 0 Å². The average molecular weight is 241 g/mol. The second-order valence-electron chi connectivity index (χ2n) is 3.75. The lowest BCUT2D eigenvalue weighted by atomic mass is 10.2.